The third kappa shape index (κ3) is 2.09. The van der Waals surface area contributed by atoms with Crippen LogP contribution in [0.15, 0.2) is 18.2 Å². The Balaban J connectivity index is 2.05. The molecule has 3 heteroatoms. The fraction of sp³-hybridized carbons (Fsp3) is 0.364. The molecule has 1 aliphatic rings. The van der Waals surface area contributed by atoms with E-state index in [0.29, 0.717) is 23.7 Å². The Kier molecular flexibility index (Phi) is 2.47. The van der Waals surface area contributed by atoms with E-state index in [1.807, 2.05) is 6.07 Å². The molecule has 0 aromatic heterocycles. The predicted molar refractivity (Wildman–Crippen MR) is 51.0 cm³/mol. The van der Waals surface area contributed by atoms with Crippen molar-refractivity contribution in [2.75, 3.05) is 0 Å². The second-order valence-electron chi connectivity index (χ2n) is 3.57. The highest BCUT2D eigenvalue weighted by atomic mass is 19.1. The van der Waals surface area contributed by atoms with Crippen LogP contribution in [0.1, 0.15) is 24.0 Å². The smallest absolute Gasteiger partial charge is 0.129 e. The van der Waals surface area contributed by atoms with Crippen molar-refractivity contribution in [3.63, 3.8) is 0 Å². The molecule has 72 valence electrons. The zero-order valence-corrected chi connectivity index (χ0v) is 7.76. The number of nitrogens with one attached hydrogen (secondary N) is 1. The van der Waals surface area contributed by atoms with Gasteiger partial charge in [0, 0.05) is 18.2 Å². The van der Waals surface area contributed by atoms with Gasteiger partial charge in [0.25, 0.3) is 0 Å². The number of hydrogen-bond acceptors (Lipinski definition) is 2. The lowest BCUT2D eigenvalue weighted by Gasteiger charge is -2.04. The molecule has 1 N–H and O–H groups in total. The maximum atomic E-state index is 13.3. The third-order valence-electron chi connectivity index (χ3n) is 2.34. The molecular formula is C11H11FN2. The summed E-state index contributed by atoms with van der Waals surface area (Å²) in [6.07, 6.45) is 2.38. The topological polar surface area (TPSA) is 35.8 Å². The lowest BCUT2D eigenvalue weighted by atomic mass is 10.1. The standard InChI is InChI=1S/C11H11FN2/c12-11-5-8(6-13)1-2-9(11)7-14-10-3-4-10/h1-2,5,10,14H,3-4,7H2. The molecule has 0 amide bonds. The number of nitrogens with zero attached hydrogens (tertiary/aromatic N) is 1. The van der Waals surface area contributed by atoms with Gasteiger partial charge in [-0.1, -0.05) is 6.07 Å². The number of hydrogen-bond donors (Lipinski definition) is 1. The zero-order chi connectivity index (χ0) is 9.97. The van der Waals surface area contributed by atoms with E-state index < -0.39 is 0 Å². The molecule has 0 aliphatic heterocycles. The van der Waals surface area contributed by atoms with E-state index in [1.165, 1.54) is 18.9 Å². The highest BCUT2D eigenvalue weighted by molar-refractivity contribution is 5.32. The summed E-state index contributed by atoms with van der Waals surface area (Å²) in [5.74, 6) is -0.294. The van der Waals surface area contributed by atoms with Crippen LogP contribution in [-0.2, 0) is 6.54 Å². The van der Waals surface area contributed by atoms with E-state index in [4.69, 9.17) is 5.26 Å². The van der Waals surface area contributed by atoms with Gasteiger partial charge < -0.3 is 5.32 Å². The van der Waals surface area contributed by atoms with Gasteiger partial charge in [-0.25, -0.2) is 4.39 Å². The van der Waals surface area contributed by atoms with E-state index in [1.54, 1.807) is 12.1 Å². The summed E-state index contributed by atoms with van der Waals surface area (Å²) in [5.41, 5.74) is 1.01. The first-order chi connectivity index (χ1) is 6.79. The molecule has 0 heterocycles. The summed E-state index contributed by atoms with van der Waals surface area (Å²) in [5, 5.41) is 11.8. The highest BCUT2D eigenvalue weighted by Crippen LogP contribution is 2.20. The lowest BCUT2D eigenvalue weighted by molar-refractivity contribution is 0.586. The van der Waals surface area contributed by atoms with Crippen molar-refractivity contribution in [1.82, 2.24) is 5.32 Å². The highest BCUT2D eigenvalue weighted by Gasteiger charge is 2.20. The number of rotatable bonds is 3. The van der Waals surface area contributed by atoms with Crippen molar-refractivity contribution < 1.29 is 4.39 Å². The minimum Gasteiger partial charge on any atom is -0.310 e. The van der Waals surface area contributed by atoms with Gasteiger partial charge in [-0.05, 0) is 25.0 Å². The van der Waals surface area contributed by atoms with E-state index >= 15 is 0 Å². The zero-order valence-electron chi connectivity index (χ0n) is 7.76. The van der Waals surface area contributed by atoms with Gasteiger partial charge in [0.1, 0.15) is 5.82 Å². The number of benzene rings is 1. The molecule has 2 rings (SSSR count). The number of halogens is 1. The SMILES string of the molecule is N#Cc1ccc(CNC2CC2)c(F)c1. The van der Waals surface area contributed by atoms with Gasteiger partial charge in [-0.3, -0.25) is 0 Å². The lowest BCUT2D eigenvalue weighted by Crippen LogP contribution is -2.16. The van der Waals surface area contributed by atoms with Crippen molar-refractivity contribution in [1.29, 1.82) is 5.26 Å². The maximum Gasteiger partial charge on any atom is 0.129 e. The monoisotopic (exact) mass is 190 g/mol. The summed E-state index contributed by atoms with van der Waals surface area (Å²) in [4.78, 5) is 0. The third-order valence-corrected chi connectivity index (χ3v) is 2.34. The molecule has 1 aliphatic carbocycles. The molecule has 0 atom stereocenters. The van der Waals surface area contributed by atoms with Crippen LogP contribution in [0.2, 0.25) is 0 Å². The van der Waals surface area contributed by atoms with Crippen molar-refractivity contribution in [3.05, 3.63) is 35.1 Å². The molecule has 1 aromatic rings. The molecule has 0 saturated heterocycles. The van der Waals surface area contributed by atoms with Crippen LogP contribution in [0.25, 0.3) is 0 Å². The summed E-state index contributed by atoms with van der Waals surface area (Å²) in [7, 11) is 0. The fourth-order valence-corrected chi connectivity index (χ4v) is 1.30. The molecule has 14 heavy (non-hydrogen) atoms. The minimum absolute atomic E-state index is 0.294. The van der Waals surface area contributed by atoms with E-state index in [9.17, 15) is 4.39 Å². The van der Waals surface area contributed by atoms with Crippen LogP contribution in [0.3, 0.4) is 0 Å². The van der Waals surface area contributed by atoms with Crippen molar-refractivity contribution in [2.24, 2.45) is 0 Å². The molecule has 0 unspecified atom stereocenters. The van der Waals surface area contributed by atoms with Crippen LogP contribution in [-0.4, -0.2) is 6.04 Å². The molecule has 2 nitrogen and oxygen atoms in total. The Hall–Kier alpha value is -1.40. The van der Waals surface area contributed by atoms with Crippen molar-refractivity contribution in [3.8, 4) is 6.07 Å². The quantitative estimate of drug-likeness (QED) is 0.790. The molecular weight excluding hydrogens is 179 g/mol. The minimum atomic E-state index is -0.294. The van der Waals surface area contributed by atoms with Gasteiger partial charge in [0.15, 0.2) is 0 Å². The summed E-state index contributed by atoms with van der Waals surface area (Å²) in [6, 6.07) is 7.08. The Morgan fingerprint density at radius 1 is 1.50 bits per heavy atom. The van der Waals surface area contributed by atoms with Gasteiger partial charge in [-0.15, -0.1) is 0 Å². The van der Waals surface area contributed by atoms with Gasteiger partial charge in [0.05, 0.1) is 11.6 Å². The van der Waals surface area contributed by atoms with E-state index in [0.717, 1.165) is 0 Å². The predicted octanol–water partition coefficient (Wildman–Crippen LogP) is 1.95. The first-order valence-electron chi connectivity index (χ1n) is 4.71. The number of nitriles is 1. The van der Waals surface area contributed by atoms with Crippen LogP contribution in [0.4, 0.5) is 4.39 Å². The second-order valence-corrected chi connectivity index (χ2v) is 3.57. The molecule has 0 bridgehead atoms. The maximum absolute atomic E-state index is 13.3. The Morgan fingerprint density at radius 3 is 2.86 bits per heavy atom. The summed E-state index contributed by atoms with van der Waals surface area (Å²) in [6.45, 7) is 0.558. The molecule has 1 fully saturated rings. The van der Waals surface area contributed by atoms with Crippen LogP contribution >= 0.6 is 0 Å². The molecule has 1 saturated carbocycles. The van der Waals surface area contributed by atoms with Crippen LogP contribution < -0.4 is 5.32 Å². The average Bonchev–Trinajstić information content (AvgIpc) is 2.99. The summed E-state index contributed by atoms with van der Waals surface area (Å²) >= 11 is 0. The molecule has 1 aromatic carbocycles. The average molecular weight is 190 g/mol. The summed E-state index contributed by atoms with van der Waals surface area (Å²) < 4.78 is 13.3. The van der Waals surface area contributed by atoms with Crippen LogP contribution in [0, 0.1) is 17.1 Å². The van der Waals surface area contributed by atoms with E-state index in [2.05, 4.69) is 5.32 Å². The van der Waals surface area contributed by atoms with Crippen LogP contribution in [0.5, 0.6) is 0 Å². The first-order valence-corrected chi connectivity index (χ1v) is 4.71. The van der Waals surface area contributed by atoms with Gasteiger partial charge >= 0.3 is 0 Å². The van der Waals surface area contributed by atoms with Gasteiger partial charge in [-0.2, -0.15) is 5.26 Å². The largest absolute Gasteiger partial charge is 0.310 e. The Morgan fingerprint density at radius 2 is 2.29 bits per heavy atom. The fourth-order valence-electron chi connectivity index (χ4n) is 1.30. The van der Waals surface area contributed by atoms with Gasteiger partial charge in [0.2, 0.25) is 0 Å². The molecule has 0 radical (unpaired) electrons. The van der Waals surface area contributed by atoms with Crippen molar-refractivity contribution in [2.45, 2.75) is 25.4 Å². The normalized spacial score (nSPS) is 15.1. The first kappa shape index (κ1) is 9.17. The van der Waals surface area contributed by atoms with E-state index in [-0.39, 0.29) is 5.82 Å². The molecule has 0 spiro atoms. The Bertz CT molecular complexity index is 377. The Labute approximate surface area is 82.4 Å². The van der Waals surface area contributed by atoms with Crippen molar-refractivity contribution >= 4 is 0 Å². The second kappa shape index (κ2) is 3.77.